The summed E-state index contributed by atoms with van der Waals surface area (Å²) in [5, 5.41) is 16.0. The predicted octanol–water partition coefficient (Wildman–Crippen LogP) is -2.48. The van der Waals surface area contributed by atoms with Crippen LogP contribution in [-0.2, 0) is 24.0 Å². The van der Waals surface area contributed by atoms with E-state index in [2.05, 4.69) is 16.0 Å². The fourth-order valence-corrected chi connectivity index (χ4v) is 2.34. The van der Waals surface area contributed by atoms with Crippen molar-refractivity contribution >= 4 is 41.4 Å². The van der Waals surface area contributed by atoms with Gasteiger partial charge in [-0.05, 0) is 32.3 Å². The van der Waals surface area contributed by atoms with Gasteiger partial charge in [0.1, 0.15) is 18.1 Å². The van der Waals surface area contributed by atoms with Crippen LogP contribution in [0.5, 0.6) is 0 Å². The molecular formula is C15H27N5O6S. The van der Waals surface area contributed by atoms with Crippen LogP contribution in [0.2, 0.25) is 0 Å². The number of nitrogens with two attached hydrogens (primary N) is 2. The lowest BCUT2D eigenvalue weighted by Gasteiger charge is -2.22. The predicted molar refractivity (Wildman–Crippen MR) is 99.6 cm³/mol. The van der Waals surface area contributed by atoms with Crippen LogP contribution in [0.4, 0.5) is 0 Å². The van der Waals surface area contributed by atoms with Gasteiger partial charge in [-0.1, -0.05) is 0 Å². The van der Waals surface area contributed by atoms with Gasteiger partial charge < -0.3 is 32.5 Å². The molecular weight excluding hydrogens is 378 g/mol. The molecule has 0 rings (SSSR count). The molecule has 12 heteroatoms. The molecule has 0 fully saturated rings. The molecule has 0 aliphatic carbocycles. The van der Waals surface area contributed by atoms with Crippen molar-refractivity contribution in [3.05, 3.63) is 0 Å². The molecule has 4 amide bonds. The highest BCUT2D eigenvalue weighted by Gasteiger charge is 2.27. The Morgan fingerprint density at radius 1 is 0.963 bits per heavy atom. The first-order valence-corrected chi connectivity index (χ1v) is 9.55. The molecule has 0 aliphatic rings. The lowest BCUT2D eigenvalue weighted by atomic mass is 10.1. The van der Waals surface area contributed by atoms with Crippen LogP contribution in [0, 0.1) is 0 Å². The number of carbonyl (C=O) groups excluding carboxylic acids is 4. The summed E-state index contributed by atoms with van der Waals surface area (Å²) in [5.74, 6) is -3.45. The number of carbonyl (C=O) groups is 5. The minimum Gasteiger partial charge on any atom is -0.480 e. The number of nitrogens with one attached hydrogen (secondary N) is 3. The standard InChI is InChI=1S/C15H27N5O6S/c1-7(18-13(23)9(16)6-11(17)21)12(22)20-10(4-5-27-3)14(24)19-8(2)15(25)26/h7-10H,4-6,16H2,1-3H3,(H2,17,21)(H,18,23)(H,19,24)(H,20,22)(H,25,26). The van der Waals surface area contributed by atoms with E-state index >= 15 is 0 Å². The van der Waals surface area contributed by atoms with Crippen molar-refractivity contribution in [2.45, 2.75) is 50.9 Å². The molecule has 0 radical (unpaired) electrons. The van der Waals surface area contributed by atoms with E-state index in [4.69, 9.17) is 16.6 Å². The van der Waals surface area contributed by atoms with Crippen molar-refractivity contribution in [3.8, 4) is 0 Å². The largest absolute Gasteiger partial charge is 0.480 e. The number of primary amides is 1. The van der Waals surface area contributed by atoms with Crippen molar-refractivity contribution < 1.29 is 29.1 Å². The zero-order chi connectivity index (χ0) is 21.1. The van der Waals surface area contributed by atoms with Crippen molar-refractivity contribution in [1.29, 1.82) is 0 Å². The number of carboxylic acid groups (broad SMARTS) is 1. The summed E-state index contributed by atoms with van der Waals surface area (Å²) in [5.41, 5.74) is 10.5. The van der Waals surface area contributed by atoms with E-state index in [0.29, 0.717) is 5.75 Å². The van der Waals surface area contributed by atoms with Crippen molar-refractivity contribution in [2.24, 2.45) is 11.5 Å². The summed E-state index contributed by atoms with van der Waals surface area (Å²) in [4.78, 5) is 58.0. The second kappa shape index (κ2) is 12.1. The fourth-order valence-electron chi connectivity index (χ4n) is 1.87. The average molecular weight is 405 g/mol. The number of hydrogen-bond donors (Lipinski definition) is 6. The van der Waals surface area contributed by atoms with Gasteiger partial charge in [-0.3, -0.25) is 24.0 Å². The monoisotopic (exact) mass is 405 g/mol. The van der Waals surface area contributed by atoms with Crippen LogP contribution in [0.15, 0.2) is 0 Å². The minimum absolute atomic E-state index is 0.271. The first-order chi connectivity index (χ1) is 12.5. The quantitative estimate of drug-likeness (QED) is 0.205. The third-order valence-corrected chi connectivity index (χ3v) is 4.13. The number of hydrogen-bond acceptors (Lipinski definition) is 7. The molecule has 0 heterocycles. The number of carboxylic acids is 1. The summed E-state index contributed by atoms with van der Waals surface area (Å²) in [7, 11) is 0. The molecule has 0 saturated heterocycles. The highest BCUT2D eigenvalue weighted by atomic mass is 32.2. The number of thioether (sulfide) groups is 1. The Kier molecular flexibility index (Phi) is 11.1. The van der Waals surface area contributed by atoms with Crippen molar-refractivity contribution in [1.82, 2.24) is 16.0 Å². The molecule has 0 aromatic carbocycles. The Morgan fingerprint density at radius 2 is 1.52 bits per heavy atom. The molecule has 11 nitrogen and oxygen atoms in total. The molecule has 4 atom stereocenters. The number of aliphatic carboxylic acids is 1. The first-order valence-electron chi connectivity index (χ1n) is 8.16. The summed E-state index contributed by atoms with van der Waals surface area (Å²) >= 11 is 1.45. The van der Waals surface area contributed by atoms with E-state index in [1.807, 2.05) is 6.26 Å². The molecule has 154 valence electrons. The lowest BCUT2D eigenvalue weighted by Crippen LogP contribution is -2.56. The molecule has 0 aromatic heterocycles. The van der Waals surface area contributed by atoms with Crippen LogP contribution in [0.25, 0.3) is 0 Å². The van der Waals surface area contributed by atoms with Gasteiger partial charge in [-0.2, -0.15) is 11.8 Å². The Morgan fingerprint density at radius 3 is 2.00 bits per heavy atom. The van der Waals surface area contributed by atoms with Gasteiger partial charge in [0.2, 0.25) is 23.6 Å². The van der Waals surface area contributed by atoms with Crippen molar-refractivity contribution in [3.63, 3.8) is 0 Å². The second-order valence-electron chi connectivity index (χ2n) is 5.92. The highest BCUT2D eigenvalue weighted by Crippen LogP contribution is 2.03. The Bertz CT molecular complexity index is 573. The third kappa shape index (κ3) is 9.80. The van der Waals surface area contributed by atoms with E-state index in [9.17, 15) is 24.0 Å². The SMILES string of the molecule is CSCCC(NC(=O)C(C)NC(=O)C(N)CC(N)=O)C(=O)NC(C)C(=O)O. The lowest BCUT2D eigenvalue weighted by molar-refractivity contribution is -0.141. The maximum Gasteiger partial charge on any atom is 0.325 e. The van der Waals surface area contributed by atoms with Gasteiger partial charge in [-0.15, -0.1) is 0 Å². The van der Waals surface area contributed by atoms with Crippen LogP contribution < -0.4 is 27.4 Å². The van der Waals surface area contributed by atoms with Crippen LogP contribution >= 0.6 is 11.8 Å². The van der Waals surface area contributed by atoms with Crippen LogP contribution in [0.3, 0.4) is 0 Å². The maximum atomic E-state index is 12.3. The normalized spacial score (nSPS) is 15.0. The van der Waals surface area contributed by atoms with Gasteiger partial charge in [0.15, 0.2) is 0 Å². The van der Waals surface area contributed by atoms with E-state index in [1.165, 1.54) is 25.6 Å². The number of rotatable bonds is 12. The molecule has 0 saturated carbocycles. The second-order valence-corrected chi connectivity index (χ2v) is 6.90. The smallest absolute Gasteiger partial charge is 0.325 e. The summed E-state index contributed by atoms with van der Waals surface area (Å²) in [6.07, 6.45) is 1.72. The zero-order valence-corrected chi connectivity index (χ0v) is 16.3. The van der Waals surface area contributed by atoms with E-state index in [0.717, 1.165) is 0 Å². The summed E-state index contributed by atoms with van der Waals surface area (Å²) in [6, 6.07) is -4.30. The maximum absolute atomic E-state index is 12.3. The summed E-state index contributed by atoms with van der Waals surface area (Å²) < 4.78 is 0. The molecule has 4 unspecified atom stereocenters. The van der Waals surface area contributed by atoms with Gasteiger partial charge in [0.25, 0.3) is 0 Å². The molecule has 8 N–H and O–H groups in total. The van der Waals surface area contributed by atoms with Gasteiger partial charge in [-0.25, -0.2) is 0 Å². The van der Waals surface area contributed by atoms with E-state index < -0.39 is 53.8 Å². The topological polar surface area (TPSA) is 194 Å². The summed E-state index contributed by atoms with van der Waals surface area (Å²) in [6.45, 7) is 2.68. The molecule has 0 spiro atoms. The Balaban J connectivity index is 4.86. The third-order valence-electron chi connectivity index (χ3n) is 3.48. The number of amides is 4. The molecule has 0 bridgehead atoms. The molecule has 0 aliphatic heterocycles. The Hall–Kier alpha value is -2.34. The highest BCUT2D eigenvalue weighted by molar-refractivity contribution is 7.98. The van der Waals surface area contributed by atoms with Gasteiger partial charge in [0.05, 0.1) is 12.5 Å². The Labute approximate surface area is 161 Å². The van der Waals surface area contributed by atoms with E-state index in [-0.39, 0.29) is 12.8 Å². The van der Waals surface area contributed by atoms with E-state index in [1.54, 1.807) is 0 Å². The first kappa shape index (κ1) is 24.7. The van der Waals surface area contributed by atoms with Gasteiger partial charge in [0, 0.05) is 0 Å². The fraction of sp³-hybridized carbons (Fsp3) is 0.667. The molecule has 27 heavy (non-hydrogen) atoms. The van der Waals surface area contributed by atoms with Crippen LogP contribution in [-0.4, -0.2) is 70.9 Å². The molecule has 0 aromatic rings. The minimum atomic E-state index is -1.21. The van der Waals surface area contributed by atoms with Crippen molar-refractivity contribution in [2.75, 3.05) is 12.0 Å². The zero-order valence-electron chi connectivity index (χ0n) is 15.5. The van der Waals surface area contributed by atoms with Gasteiger partial charge >= 0.3 is 5.97 Å². The van der Waals surface area contributed by atoms with Crippen LogP contribution in [0.1, 0.15) is 26.7 Å². The average Bonchev–Trinajstić information content (AvgIpc) is 2.57.